The van der Waals surface area contributed by atoms with Gasteiger partial charge in [-0.15, -0.1) is 12.4 Å². The topological polar surface area (TPSA) is 93.5 Å². The summed E-state index contributed by atoms with van der Waals surface area (Å²) in [5, 5.41) is 5.77. The third-order valence-electron chi connectivity index (χ3n) is 4.26. The van der Waals surface area contributed by atoms with Crippen LogP contribution in [0.25, 0.3) is 0 Å². The zero-order valence-corrected chi connectivity index (χ0v) is 16.1. The Labute approximate surface area is 155 Å². The normalized spacial score (nSPS) is 16.5. The van der Waals surface area contributed by atoms with E-state index in [1.54, 1.807) is 6.07 Å². The number of halogens is 1. The van der Waals surface area contributed by atoms with Gasteiger partial charge in [0.15, 0.2) is 0 Å². The average Bonchev–Trinajstić information content (AvgIpc) is 2.50. The van der Waals surface area contributed by atoms with Gasteiger partial charge in [-0.2, -0.15) is 0 Å². The number of aryl methyl sites for hydroxylation is 1. The molecule has 1 heterocycles. The molecule has 25 heavy (non-hydrogen) atoms. The fraction of sp³-hybridized carbons (Fsp3) is 0.556. The number of nitrogens with one attached hydrogen (secondary N) is 2. The van der Waals surface area contributed by atoms with Gasteiger partial charge in [0.1, 0.15) is 5.54 Å². The molecule has 1 aromatic rings. The van der Waals surface area contributed by atoms with Crippen molar-refractivity contribution in [3.8, 4) is 0 Å². The first-order valence-corrected chi connectivity index (χ1v) is 8.22. The molecule has 0 aromatic heterocycles. The van der Waals surface area contributed by atoms with E-state index in [4.69, 9.17) is 10.5 Å². The van der Waals surface area contributed by atoms with Crippen LogP contribution in [0.2, 0.25) is 0 Å². The number of amides is 2. The molecule has 2 amide bonds. The molecule has 1 aliphatic rings. The van der Waals surface area contributed by atoms with Gasteiger partial charge in [0.2, 0.25) is 11.8 Å². The summed E-state index contributed by atoms with van der Waals surface area (Å²) in [5.41, 5.74) is 7.03. The van der Waals surface area contributed by atoms with E-state index in [0.717, 1.165) is 5.56 Å². The van der Waals surface area contributed by atoms with Gasteiger partial charge < -0.3 is 21.1 Å². The first-order valence-electron chi connectivity index (χ1n) is 8.22. The summed E-state index contributed by atoms with van der Waals surface area (Å²) in [6.45, 7) is 8.45. The van der Waals surface area contributed by atoms with E-state index in [-0.39, 0.29) is 24.2 Å². The molecule has 2 rings (SSSR count). The quantitative estimate of drug-likeness (QED) is 0.763. The predicted molar refractivity (Wildman–Crippen MR) is 102 cm³/mol. The second-order valence-electron chi connectivity index (χ2n) is 7.46. The Kier molecular flexibility index (Phi) is 6.99. The third kappa shape index (κ3) is 5.42. The molecule has 0 radical (unpaired) electrons. The highest BCUT2D eigenvalue weighted by Gasteiger charge is 2.36. The molecule has 7 heteroatoms. The van der Waals surface area contributed by atoms with Crippen LogP contribution in [-0.4, -0.2) is 30.6 Å². The van der Waals surface area contributed by atoms with E-state index in [2.05, 4.69) is 10.6 Å². The number of hydrogen-bond donors (Lipinski definition) is 3. The number of carbonyl (C=O) groups excluding carboxylic acids is 2. The highest BCUT2D eigenvalue weighted by molar-refractivity contribution is 6.00. The van der Waals surface area contributed by atoms with Crippen LogP contribution >= 0.6 is 12.4 Å². The van der Waals surface area contributed by atoms with Gasteiger partial charge in [-0.05, 0) is 37.5 Å². The van der Waals surface area contributed by atoms with Crippen molar-refractivity contribution in [2.45, 2.75) is 46.1 Å². The second kappa shape index (κ2) is 8.17. The number of carbonyl (C=O) groups is 2. The Bertz CT molecular complexity index is 635. The molecule has 0 bridgehead atoms. The zero-order chi connectivity index (χ0) is 18.0. The molecule has 0 saturated carbocycles. The van der Waals surface area contributed by atoms with Crippen LogP contribution in [-0.2, 0) is 14.3 Å². The number of benzene rings is 1. The van der Waals surface area contributed by atoms with Crippen molar-refractivity contribution in [2.75, 3.05) is 23.8 Å². The maximum atomic E-state index is 12.5. The molecule has 1 saturated heterocycles. The van der Waals surface area contributed by atoms with Crippen LogP contribution in [0.4, 0.5) is 11.4 Å². The standard InChI is InChI=1S/C18H27N3O3.ClH/c1-12-5-6-13(11-14(12)21-15(22)17(2,3)4)20-16(23)18(19)7-9-24-10-8-18;/h5-6,11H,7-10,19H2,1-4H3,(H,20,23)(H,21,22);1H. The SMILES string of the molecule is Cc1ccc(NC(=O)C2(N)CCOCC2)cc1NC(=O)C(C)(C)C.Cl. The lowest BCUT2D eigenvalue weighted by Gasteiger charge is -2.31. The van der Waals surface area contributed by atoms with Crippen molar-refractivity contribution in [1.82, 2.24) is 0 Å². The molecule has 0 unspecified atom stereocenters. The molecular weight excluding hydrogens is 342 g/mol. The minimum Gasteiger partial charge on any atom is -0.381 e. The minimum atomic E-state index is -0.905. The molecule has 140 valence electrons. The summed E-state index contributed by atoms with van der Waals surface area (Å²) in [6, 6.07) is 5.43. The zero-order valence-electron chi connectivity index (χ0n) is 15.3. The predicted octanol–water partition coefficient (Wildman–Crippen LogP) is 2.85. The molecule has 0 spiro atoms. The Morgan fingerprint density at radius 3 is 2.32 bits per heavy atom. The summed E-state index contributed by atoms with van der Waals surface area (Å²) >= 11 is 0. The van der Waals surface area contributed by atoms with Crippen molar-refractivity contribution in [2.24, 2.45) is 11.1 Å². The highest BCUT2D eigenvalue weighted by Crippen LogP contribution is 2.25. The Balaban J connectivity index is 0.00000312. The minimum absolute atomic E-state index is 0. The lowest BCUT2D eigenvalue weighted by Crippen LogP contribution is -2.54. The van der Waals surface area contributed by atoms with Crippen LogP contribution in [0.1, 0.15) is 39.2 Å². The molecule has 4 N–H and O–H groups in total. The van der Waals surface area contributed by atoms with Crippen molar-refractivity contribution < 1.29 is 14.3 Å². The third-order valence-corrected chi connectivity index (χ3v) is 4.26. The number of ether oxygens (including phenoxy) is 1. The first-order chi connectivity index (χ1) is 11.1. The van der Waals surface area contributed by atoms with Crippen LogP contribution in [0.5, 0.6) is 0 Å². The van der Waals surface area contributed by atoms with Gasteiger partial charge in [0.05, 0.1) is 0 Å². The van der Waals surface area contributed by atoms with Crippen molar-refractivity contribution in [1.29, 1.82) is 0 Å². The van der Waals surface area contributed by atoms with Gasteiger partial charge in [-0.1, -0.05) is 26.8 Å². The maximum absolute atomic E-state index is 12.5. The van der Waals surface area contributed by atoms with E-state index in [1.165, 1.54) is 0 Å². The van der Waals surface area contributed by atoms with Gasteiger partial charge in [0, 0.05) is 30.0 Å². The fourth-order valence-corrected chi connectivity index (χ4v) is 2.36. The smallest absolute Gasteiger partial charge is 0.244 e. The monoisotopic (exact) mass is 369 g/mol. The van der Waals surface area contributed by atoms with Gasteiger partial charge in [-0.3, -0.25) is 9.59 Å². The number of nitrogens with two attached hydrogens (primary N) is 1. The first kappa shape index (κ1) is 21.4. The summed E-state index contributed by atoms with van der Waals surface area (Å²) < 4.78 is 5.27. The van der Waals surface area contributed by atoms with E-state index in [1.807, 2.05) is 39.8 Å². The second-order valence-corrected chi connectivity index (χ2v) is 7.46. The Hall–Kier alpha value is -1.63. The van der Waals surface area contributed by atoms with E-state index >= 15 is 0 Å². The van der Waals surface area contributed by atoms with Crippen molar-refractivity contribution in [3.63, 3.8) is 0 Å². The Morgan fingerprint density at radius 2 is 1.76 bits per heavy atom. The number of hydrogen-bond acceptors (Lipinski definition) is 4. The fourth-order valence-electron chi connectivity index (χ4n) is 2.36. The average molecular weight is 370 g/mol. The summed E-state index contributed by atoms with van der Waals surface area (Å²) in [6.07, 6.45) is 0.997. The lowest BCUT2D eigenvalue weighted by molar-refractivity contribution is -0.124. The molecule has 0 aliphatic carbocycles. The molecule has 1 aromatic carbocycles. The largest absolute Gasteiger partial charge is 0.381 e. The van der Waals surface area contributed by atoms with E-state index in [9.17, 15) is 9.59 Å². The Morgan fingerprint density at radius 1 is 1.16 bits per heavy atom. The maximum Gasteiger partial charge on any atom is 0.244 e. The van der Waals surface area contributed by atoms with Crippen molar-refractivity contribution >= 4 is 35.6 Å². The lowest BCUT2D eigenvalue weighted by atomic mass is 9.90. The molecule has 1 fully saturated rings. The van der Waals surface area contributed by atoms with Crippen LogP contribution in [0.15, 0.2) is 18.2 Å². The molecular formula is C18H28ClN3O3. The van der Waals surface area contributed by atoms with E-state index in [0.29, 0.717) is 37.4 Å². The summed E-state index contributed by atoms with van der Waals surface area (Å²) in [7, 11) is 0. The van der Waals surface area contributed by atoms with Crippen LogP contribution in [0, 0.1) is 12.3 Å². The summed E-state index contributed by atoms with van der Waals surface area (Å²) in [4.78, 5) is 24.7. The molecule has 1 aliphatic heterocycles. The number of rotatable bonds is 3. The van der Waals surface area contributed by atoms with Gasteiger partial charge in [-0.25, -0.2) is 0 Å². The van der Waals surface area contributed by atoms with E-state index < -0.39 is 11.0 Å². The van der Waals surface area contributed by atoms with Crippen molar-refractivity contribution in [3.05, 3.63) is 23.8 Å². The van der Waals surface area contributed by atoms with Gasteiger partial charge >= 0.3 is 0 Å². The molecule has 6 nitrogen and oxygen atoms in total. The van der Waals surface area contributed by atoms with Gasteiger partial charge in [0.25, 0.3) is 0 Å². The van der Waals surface area contributed by atoms with Crippen LogP contribution < -0.4 is 16.4 Å². The highest BCUT2D eigenvalue weighted by atomic mass is 35.5. The molecule has 0 atom stereocenters. The summed E-state index contributed by atoms with van der Waals surface area (Å²) in [5.74, 6) is -0.295. The number of anilines is 2. The van der Waals surface area contributed by atoms with Crippen LogP contribution in [0.3, 0.4) is 0 Å².